The maximum atomic E-state index is 5.96. The van der Waals surface area contributed by atoms with Crippen molar-refractivity contribution in [2.75, 3.05) is 7.11 Å². The molecule has 2 N–H and O–H groups in total. The normalized spacial score (nSPS) is 16.5. The third kappa shape index (κ3) is 2.90. The van der Waals surface area contributed by atoms with Crippen molar-refractivity contribution in [2.45, 2.75) is 31.8 Å². The topological polar surface area (TPSA) is 56.8 Å². The highest BCUT2D eigenvalue weighted by molar-refractivity contribution is 5.80. The summed E-state index contributed by atoms with van der Waals surface area (Å²) in [4.78, 5) is 0. The van der Waals surface area contributed by atoms with Gasteiger partial charge in [0.2, 0.25) is 0 Å². The second-order valence-corrected chi connectivity index (χ2v) is 4.21. The zero-order valence-electron chi connectivity index (χ0n) is 10.1. The minimum Gasteiger partial charge on any atom is -0.493 e. The van der Waals surface area contributed by atoms with Crippen LogP contribution < -0.4 is 15.3 Å². The van der Waals surface area contributed by atoms with Crippen LogP contribution in [-0.2, 0) is 0 Å². The smallest absolute Gasteiger partial charge is 0.162 e. The van der Waals surface area contributed by atoms with Crippen molar-refractivity contribution in [3.63, 3.8) is 0 Å². The van der Waals surface area contributed by atoms with Gasteiger partial charge in [-0.05, 0) is 49.4 Å². The van der Waals surface area contributed by atoms with E-state index in [0.29, 0.717) is 6.10 Å². The van der Waals surface area contributed by atoms with Crippen molar-refractivity contribution in [1.29, 1.82) is 0 Å². The van der Waals surface area contributed by atoms with Gasteiger partial charge in [0.15, 0.2) is 11.5 Å². The summed E-state index contributed by atoms with van der Waals surface area (Å²) >= 11 is 0. The molecule has 0 bridgehead atoms. The van der Waals surface area contributed by atoms with E-state index in [4.69, 9.17) is 15.3 Å². The standard InChI is InChI=1S/C13H18N2O2/c1-16-12-7-6-10(9-15-14)8-13(12)17-11-4-2-3-5-11/h6-9,11H,2-5,14H2,1H3. The molecule has 0 radical (unpaired) electrons. The van der Waals surface area contributed by atoms with E-state index < -0.39 is 0 Å². The van der Waals surface area contributed by atoms with E-state index in [1.165, 1.54) is 12.8 Å². The van der Waals surface area contributed by atoms with Gasteiger partial charge in [0, 0.05) is 0 Å². The number of methoxy groups -OCH3 is 1. The first-order valence-electron chi connectivity index (χ1n) is 5.91. The molecule has 0 aliphatic heterocycles. The van der Waals surface area contributed by atoms with E-state index in [2.05, 4.69) is 5.10 Å². The fraction of sp³-hybridized carbons (Fsp3) is 0.462. The third-order valence-corrected chi connectivity index (χ3v) is 3.01. The first-order chi connectivity index (χ1) is 8.33. The lowest BCUT2D eigenvalue weighted by Gasteiger charge is -2.16. The molecule has 1 aromatic carbocycles. The van der Waals surface area contributed by atoms with Gasteiger partial charge < -0.3 is 15.3 Å². The Kier molecular flexibility index (Phi) is 3.85. The van der Waals surface area contributed by atoms with E-state index >= 15 is 0 Å². The van der Waals surface area contributed by atoms with Crippen LogP contribution >= 0.6 is 0 Å². The molecule has 1 fully saturated rings. The largest absolute Gasteiger partial charge is 0.493 e. The van der Waals surface area contributed by atoms with E-state index in [-0.39, 0.29) is 0 Å². The molecule has 17 heavy (non-hydrogen) atoms. The van der Waals surface area contributed by atoms with Gasteiger partial charge in [-0.25, -0.2) is 0 Å². The summed E-state index contributed by atoms with van der Waals surface area (Å²) in [6.45, 7) is 0. The number of nitrogens with two attached hydrogens (primary N) is 1. The molecule has 4 heteroatoms. The summed E-state index contributed by atoms with van der Waals surface area (Å²) in [7, 11) is 1.65. The van der Waals surface area contributed by atoms with Crippen LogP contribution in [0.25, 0.3) is 0 Å². The predicted molar refractivity (Wildman–Crippen MR) is 67.7 cm³/mol. The molecule has 1 aromatic rings. The van der Waals surface area contributed by atoms with Crippen molar-refractivity contribution < 1.29 is 9.47 Å². The Morgan fingerprint density at radius 2 is 2.06 bits per heavy atom. The van der Waals surface area contributed by atoms with Gasteiger partial charge in [-0.15, -0.1) is 0 Å². The average molecular weight is 234 g/mol. The van der Waals surface area contributed by atoms with Crippen molar-refractivity contribution >= 4 is 6.21 Å². The highest BCUT2D eigenvalue weighted by Crippen LogP contribution is 2.32. The monoisotopic (exact) mass is 234 g/mol. The van der Waals surface area contributed by atoms with Crippen LogP contribution in [0, 0.1) is 0 Å². The number of rotatable bonds is 4. The van der Waals surface area contributed by atoms with Crippen molar-refractivity contribution in [3.05, 3.63) is 23.8 Å². The maximum Gasteiger partial charge on any atom is 0.162 e. The molecular weight excluding hydrogens is 216 g/mol. The maximum absolute atomic E-state index is 5.96. The van der Waals surface area contributed by atoms with Crippen LogP contribution in [0.2, 0.25) is 0 Å². The van der Waals surface area contributed by atoms with Crippen LogP contribution in [0.15, 0.2) is 23.3 Å². The Balaban J connectivity index is 2.18. The molecule has 0 unspecified atom stereocenters. The first-order valence-corrected chi connectivity index (χ1v) is 5.91. The molecule has 1 saturated carbocycles. The van der Waals surface area contributed by atoms with Crippen molar-refractivity contribution in [2.24, 2.45) is 10.9 Å². The summed E-state index contributed by atoms with van der Waals surface area (Å²) in [6.07, 6.45) is 6.65. The molecule has 0 amide bonds. The summed E-state index contributed by atoms with van der Waals surface area (Å²) in [6, 6.07) is 5.69. The van der Waals surface area contributed by atoms with Crippen LogP contribution in [0.5, 0.6) is 11.5 Å². The number of hydrazone groups is 1. The molecule has 2 rings (SSSR count). The number of benzene rings is 1. The van der Waals surface area contributed by atoms with Crippen molar-refractivity contribution in [1.82, 2.24) is 0 Å². The molecule has 0 aromatic heterocycles. The Morgan fingerprint density at radius 3 is 2.71 bits per heavy atom. The van der Waals surface area contributed by atoms with Gasteiger partial charge in [0.25, 0.3) is 0 Å². The molecule has 0 atom stereocenters. The van der Waals surface area contributed by atoms with Crippen LogP contribution in [0.1, 0.15) is 31.2 Å². The Labute approximate surface area is 101 Å². The number of hydrogen-bond acceptors (Lipinski definition) is 4. The van der Waals surface area contributed by atoms with Gasteiger partial charge >= 0.3 is 0 Å². The van der Waals surface area contributed by atoms with Gasteiger partial charge in [0.1, 0.15) is 0 Å². The van der Waals surface area contributed by atoms with Crippen LogP contribution in [-0.4, -0.2) is 19.4 Å². The molecule has 92 valence electrons. The lowest BCUT2D eigenvalue weighted by atomic mass is 10.2. The molecule has 0 spiro atoms. The van der Waals surface area contributed by atoms with Crippen LogP contribution in [0.4, 0.5) is 0 Å². The molecule has 1 aliphatic rings. The summed E-state index contributed by atoms with van der Waals surface area (Å²) in [5, 5.41) is 3.51. The SMILES string of the molecule is COc1ccc(C=NN)cc1OC1CCCC1. The van der Waals surface area contributed by atoms with E-state index in [0.717, 1.165) is 29.9 Å². The minimum absolute atomic E-state index is 0.314. The second kappa shape index (κ2) is 5.57. The van der Waals surface area contributed by atoms with E-state index in [9.17, 15) is 0 Å². The highest BCUT2D eigenvalue weighted by atomic mass is 16.5. The fourth-order valence-corrected chi connectivity index (χ4v) is 2.14. The lowest BCUT2D eigenvalue weighted by molar-refractivity contribution is 0.201. The predicted octanol–water partition coefficient (Wildman–Crippen LogP) is 2.31. The van der Waals surface area contributed by atoms with Gasteiger partial charge in [-0.2, -0.15) is 5.10 Å². The Morgan fingerprint density at radius 1 is 1.29 bits per heavy atom. The lowest BCUT2D eigenvalue weighted by Crippen LogP contribution is -2.11. The van der Waals surface area contributed by atoms with E-state index in [1.807, 2.05) is 18.2 Å². The van der Waals surface area contributed by atoms with Gasteiger partial charge in [0.05, 0.1) is 19.4 Å². The minimum atomic E-state index is 0.314. The van der Waals surface area contributed by atoms with Gasteiger partial charge in [-0.3, -0.25) is 0 Å². The summed E-state index contributed by atoms with van der Waals surface area (Å²) in [5.41, 5.74) is 0.918. The highest BCUT2D eigenvalue weighted by Gasteiger charge is 2.18. The van der Waals surface area contributed by atoms with Crippen molar-refractivity contribution in [3.8, 4) is 11.5 Å². The molecule has 0 saturated heterocycles. The number of nitrogens with zero attached hydrogens (tertiary/aromatic N) is 1. The second-order valence-electron chi connectivity index (χ2n) is 4.21. The number of ether oxygens (including phenoxy) is 2. The van der Waals surface area contributed by atoms with Gasteiger partial charge in [-0.1, -0.05) is 0 Å². The Hall–Kier alpha value is -1.71. The zero-order valence-corrected chi connectivity index (χ0v) is 10.1. The summed E-state index contributed by atoms with van der Waals surface area (Å²) < 4.78 is 11.2. The molecular formula is C13H18N2O2. The first kappa shape index (κ1) is 11.8. The molecule has 0 heterocycles. The molecule has 4 nitrogen and oxygen atoms in total. The van der Waals surface area contributed by atoms with E-state index in [1.54, 1.807) is 13.3 Å². The number of hydrogen-bond donors (Lipinski definition) is 1. The van der Waals surface area contributed by atoms with Crippen LogP contribution in [0.3, 0.4) is 0 Å². The molecule has 1 aliphatic carbocycles. The Bertz CT molecular complexity index is 398. The third-order valence-electron chi connectivity index (χ3n) is 3.01. The quantitative estimate of drug-likeness (QED) is 0.494. The summed E-state index contributed by atoms with van der Waals surface area (Å²) in [5.74, 6) is 6.67. The average Bonchev–Trinajstić information content (AvgIpc) is 2.83. The zero-order chi connectivity index (χ0) is 12.1. The fourth-order valence-electron chi connectivity index (χ4n) is 2.14.